The Morgan fingerprint density at radius 1 is 1.18 bits per heavy atom. The number of urea groups is 1. The van der Waals surface area contributed by atoms with Crippen LogP contribution in [0.15, 0.2) is 53.5 Å². The van der Waals surface area contributed by atoms with Gasteiger partial charge in [-0.05, 0) is 30.5 Å². The van der Waals surface area contributed by atoms with Crippen molar-refractivity contribution in [2.45, 2.75) is 26.9 Å². The van der Waals surface area contributed by atoms with Crippen LogP contribution < -0.4 is 16.0 Å². The average molecular weight is 403 g/mol. The lowest BCUT2D eigenvalue weighted by molar-refractivity contribution is 0.128. The van der Waals surface area contributed by atoms with Crippen LogP contribution in [0.4, 0.5) is 10.5 Å². The number of rotatable bonds is 8. The van der Waals surface area contributed by atoms with Gasteiger partial charge in [0.05, 0.1) is 30.5 Å². The third-order valence-electron chi connectivity index (χ3n) is 4.15. The minimum Gasteiger partial charge on any atom is -0.375 e. The van der Waals surface area contributed by atoms with Gasteiger partial charge in [0.1, 0.15) is 0 Å². The van der Waals surface area contributed by atoms with E-state index in [1.807, 2.05) is 56.3 Å². The maximum atomic E-state index is 12.6. The molecule has 3 N–H and O–H groups in total. The number of nitrogens with two attached hydrogens (primary N) is 1. The summed E-state index contributed by atoms with van der Waals surface area (Å²) < 4.78 is 5.56. The van der Waals surface area contributed by atoms with Gasteiger partial charge in [-0.15, -0.1) is 0 Å². The SMILES string of the molecule is CCc1cccc(Cl)c1N(CC)C(=O)NC(N)=NCCOCc1ccccc1. The molecule has 0 radical (unpaired) electrons. The monoisotopic (exact) mass is 402 g/mol. The molecule has 2 amide bonds. The third-order valence-corrected chi connectivity index (χ3v) is 4.45. The Kier molecular flexibility index (Phi) is 8.78. The molecule has 0 fully saturated rings. The summed E-state index contributed by atoms with van der Waals surface area (Å²) >= 11 is 6.33. The molecule has 0 spiro atoms. The van der Waals surface area contributed by atoms with E-state index < -0.39 is 0 Å². The zero-order chi connectivity index (χ0) is 20.4. The summed E-state index contributed by atoms with van der Waals surface area (Å²) in [4.78, 5) is 18.4. The van der Waals surface area contributed by atoms with Crippen molar-refractivity contribution < 1.29 is 9.53 Å². The molecule has 0 aromatic heterocycles. The van der Waals surface area contributed by atoms with Crippen LogP contribution in [-0.4, -0.2) is 31.7 Å². The standard InChI is InChI=1S/C21H27ClN4O2/c1-3-17-11-8-12-18(22)19(17)26(4-2)21(27)25-20(23)24-13-14-28-15-16-9-6-5-7-10-16/h5-12H,3-4,13-15H2,1-2H3,(H3,23,24,25,27). The fourth-order valence-electron chi connectivity index (χ4n) is 2.76. The Balaban J connectivity index is 1.88. The summed E-state index contributed by atoms with van der Waals surface area (Å²) in [6.45, 7) is 5.64. The van der Waals surface area contributed by atoms with E-state index in [1.165, 1.54) is 0 Å². The van der Waals surface area contributed by atoms with E-state index in [4.69, 9.17) is 22.1 Å². The second-order valence-corrected chi connectivity index (χ2v) is 6.49. The molecule has 0 unspecified atom stereocenters. The van der Waals surface area contributed by atoms with E-state index in [-0.39, 0.29) is 12.0 Å². The van der Waals surface area contributed by atoms with Crippen molar-refractivity contribution in [3.8, 4) is 0 Å². The van der Waals surface area contributed by atoms with Gasteiger partial charge in [-0.2, -0.15) is 0 Å². The molecule has 2 aromatic carbocycles. The van der Waals surface area contributed by atoms with Crippen LogP contribution >= 0.6 is 11.6 Å². The fraction of sp³-hybridized carbons (Fsp3) is 0.333. The molecular formula is C21H27ClN4O2. The molecule has 0 atom stereocenters. The summed E-state index contributed by atoms with van der Waals surface area (Å²) in [5.41, 5.74) is 8.64. The number of guanidine groups is 1. The number of benzene rings is 2. The normalized spacial score (nSPS) is 11.3. The predicted octanol–water partition coefficient (Wildman–Crippen LogP) is 3.97. The number of nitrogens with zero attached hydrogens (tertiary/aromatic N) is 2. The molecule has 0 aliphatic carbocycles. The molecule has 7 heteroatoms. The quantitative estimate of drug-likeness (QED) is 0.398. The number of amides is 2. The summed E-state index contributed by atoms with van der Waals surface area (Å²) in [6, 6.07) is 15.1. The number of ether oxygens (including phenoxy) is 1. The molecule has 0 saturated heterocycles. The van der Waals surface area contributed by atoms with Crippen molar-refractivity contribution in [2.24, 2.45) is 10.7 Å². The van der Waals surface area contributed by atoms with Crippen LogP contribution in [0.5, 0.6) is 0 Å². The number of para-hydroxylation sites is 1. The van der Waals surface area contributed by atoms with Crippen molar-refractivity contribution in [2.75, 3.05) is 24.6 Å². The van der Waals surface area contributed by atoms with Gasteiger partial charge in [0.15, 0.2) is 5.96 Å². The summed E-state index contributed by atoms with van der Waals surface area (Å²) in [5, 5.41) is 3.15. The molecule has 2 aromatic rings. The number of hydrogen-bond acceptors (Lipinski definition) is 3. The van der Waals surface area contributed by atoms with Gasteiger partial charge in [0, 0.05) is 6.54 Å². The smallest absolute Gasteiger partial charge is 0.328 e. The van der Waals surface area contributed by atoms with Gasteiger partial charge < -0.3 is 10.5 Å². The first-order valence-electron chi connectivity index (χ1n) is 9.34. The topological polar surface area (TPSA) is 80.0 Å². The molecule has 150 valence electrons. The first-order valence-corrected chi connectivity index (χ1v) is 9.72. The minimum atomic E-state index is -0.364. The summed E-state index contributed by atoms with van der Waals surface area (Å²) in [7, 11) is 0. The number of hydrogen-bond donors (Lipinski definition) is 2. The second kappa shape index (κ2) is 11.3. The highest BCUT2D eigenvalue weighted by molar-refractivity contribution is 6.34. The maximum absolute atomic E-state index is 12.6. The first-order chi connectivity index (χ1) is 13.6. The van der Waals surface area contributed by atoms with Gasteiger partial charge >= 0.3 is 6.03 Å². The number of anilines is 1. The van der Waals surface area contributed by atoms with Crippen LogP contribution in [0.1, 0.15) is 25.0 Å². The number of carbonyl (C=O) groups excluding carboxylic acids is 1. The molecule has 0 aliphatic heterocycles. The van der Waals surface area contributed by atoms with Gasteiger partial charge in [-0.3, -0.25) is 15.2 Å². The maximum Gasteiger partial charge on any atom is 0.328 e. The Bertz CT molecular complexity index is 796. The van der Waals surface area contributed by atoms with E-state index in [9.17, 15) is 4.79 Å². The third kappa shape index (κ3) is 6.25. The highest BCUT2D eigenvalue weighted by atomic mass is 35.5. The van der Waals surface area contributed by atoms with Crippen LogP contribution in [0.2, 0.25) is 5.02 Å². The molecule has 0 saturated carbocycles. The molecule has 28 heavy (non-hydrogen) atoms. The van der Waals surface area contributed by atoms with E-state index in [0.717, 1.165) is 17.5 Å². The van der Waals surface area contributed by atoms with Crippen molar-refractivity contribution in [1.29, 1.82) is 0 Å². The lowest BCUT2D eigenvalue weighted by atomic mass is 10.1. The van der Waals surface area contributed by atoms with Gasteiger partial charge in [-0.1, -0.05) is 61.0 Å². The molecule has 6 nitrogen and oxygen atoms in total. The minimum absolute atomic E-state index is 0.0527. The highest BCUT2D eigenvalue weighted by Crippen LogP contribution is 2.30. The van der Waals surface area contributed by atoms with Gasteiger partial charge in [0.25, 0.3) is 0 Å². The van der Waals surface area contributed by atoms with E-state index in [1.54, 1.807) is 11.0 Å². The van der Waals surface area contributed by atoms with Crippen LogP contribution in [0.3, 0.4) is 0 Å². The second-order valence-electron chi connectivity index (χ2n) is 6.08. The highest BCUT2D eigenvalue weighted by Gasteiger charge is 2.20. The van der Waals surface area contributed by atoms with Crippen LogP contribution in [0, 0.1) is 0 Å². The number of aryl methyl sites for hydroxylation is 1. The van der Waals surface area contributed by atoms with Crippen LogP contribution in [-0.2, 0) is 17.8 Å². The summed E-state index contributed by atoms with van der Waals surface area (Å²) in [5.74, 6) is 0.0527. The first kappa shape index (κ1) is 21.7. The van der Waals surface area contributed by atoms with Gasteiger partial charge in [0.2, 0.25) is 0 Å². The van der Waals surface area contributed by atoms with Crippen LogP contribution in [0.25, 0.3) is 0 Å². The van der Waals surface area contributed by atoms with E-state index in [2.05, 4.69) is 10.3 Å². The molecule has 0 aliphatic rings. The molecular weight excluding hydrogens is 376 g/mol. The Labute approximate surface area is 171 Å². The number of carbonyl (C=O) groups is 1. The van der Waals surface area contributed by atoms with E-state index in [0.29, 0.717) is 37.0 Å². The van der Waals surface area contributed by atoms with Crippen molar-refractivity contribution in [3.05, 3.63) is 64.7 Å². The average Bonchev–Trinajstić information content (AvgIpc) is 2.70. The fourth-order valence-corrected chi connectivity index (χ4v) is 3.06. The lowest BCUT2D eigenvalue weighted by Crippen LogP contribution is -2.46. The largest absolute Gasteiger partial charge is 0.375 e. The molecule has 0 heterocycles. The molecule has 2 rings (SSSR count). The van der Waals surface area contributed by atoms with Gasteiger partial charge in [-0.25, -0.2) is 4.79 Å². The molecule has 0 bridgehead atoms. The van der Waals surface area contributed by atoms with E-state index >= 15 is 0 Å². The zero-order valence-corrected chi connectivity index (χ0v) is 17.1. The number of halogens is 1. The number of nitrogens with one attached hydrogen (secondary N) is 1. The van der Waals surface area contributed by atoms with Crippen molar-refractivity contribution in [3.63, 3.8) is 0 Å². The Hall–Kier alpha value is -2.57. The zero-order valence-electron chi connectivity index (χ0n) is 16.3. The van der Waals surface area contributed by atoms with Crippen molar-refractivity contribution in [1.82, 2.24) is 5.32 Å². The lowest BCUT2D eigenvalue weighted by Gasteiger charge is -2.24. The summed E-state index contributed by atoms with van der Waals surface area (Å²) in [6.07, 6.45) is 0.766. The predicted molar refractivity (Wildman–Crippen MR) is 115 cm³/mol. The number of aliphatic imine (C=N–C) groups is 1. The Morgan fingerprint density at radius 2 is 1.93 bits per heavy atom. The van der Waals surface area contributed by atoms with Crippen molar-refractivity contribution >= 4 is 29.3 Å². The Morgan fingerprint density at radius 3 is 2.61 bits per heavy atom.